The van der Waals surface area contributed by atoms with E-state index in [9.17, 15) is 9.59 Å². The summed E-state index contributed by atoms with van der Waals surface area (Å²) in [6.45, 7) is 0. The van der Waals surface area contributed by atoms with Gasteiger partial charge in [-0.05, 0) is 66.1 Å². The fourth-order valence-corrected chi connectivity index (χ4v) is 4.80. The van der Waals surface area contributed by atoms with Crippen molar-refractivity contribution in [2.24, 2.45) is 0 Å². The Bertz CT molecular complexity index is 1070. The van der Waals surface area contributed by atoms with Crippen molar-refractivity contribution in [2.45, 2.75) is 0 Å². The predicted molar refractivity (Wildman–Crippen MR) is 115 cm³/mol. The van der Waals surface area contributed by atoms with Crippen molar-refractivity contribution in [3.8, 4) is 9.75 Å². The van der Waals surface area contributed by atoms with Gasteiger partial charge in [0.05, 0.1) is 5.69 Å². The van der Waals surface area contributed by atoms with E-state index in [1.54, 1.807) is 41.7 Å². The van der Waals surface area contributed by atoms with Gasteiger partial charge >= 0.3 is 0 Å². The van der Waals surface area contributed by atoms with Crippen LogP contribution in [0.4, 0.5) is 5.69 Å². The lowest BCUT2D eigenvalue weighted by molar-refractivity contribution is -0.122. The highest BCUT2D eigenvalue weighted by atomic mass is 35.5. The number of thiophene rings is 2. The quantitative estimate of drug-likeness (QED) is 0.363. The number of benzene rings is 1. The van der Waals surface area contributed by atoms with Crippen molar-refractivity contribution in [1.82, 2.24) is 5.32 Å². The van der Waals surface area contributed by atoms with Gasteiger partial charge in [0, 0.05) is 19.7 Å². The van der Waals surface area contributed by atoms with Crippen LogP contribution < -0.4 is 10.2 Å². The summed E-state index contributed by atoms with van der Waals surface area (Å²) < 4.78 is 0. The van der Waals surface area contributed by atoms with Gasteiger partial charge in [-0.3, -0.25) is 19.8 Å². The maximum Gasteiger partial charge on any atom is 0.270 e. The van der Waals surface area contributed by atoms with Crippen LogP contribution in [0.1, 0.15) is 4.88 Å². The molecule has 1 aromatic carbocycles. The lowest BCUT2D eigenvalue weighted by Gasteiger charge is -2.28. The average molecular weight is 431 g/mol. The second-order valence-electron chi connectivity index (χ2n) is 5.61. The van der Waals surface area contributed by atoms with Crippen LogP contribution in [0.25, 0.3) is 15.8 Å². The number of carbonyl (C=O) groups excluding carboxylic acids is 2. The van der Waals surface area contributed by atoms with Crippen molar-refractivity contribution < 1.29 is 9.59 Å². The van der Waals surface area contributed by atoms with Crippen molar-refractivity contribution in [3.05, 3.63) is 69.4 Å². The summed E-state index contributed by atoms with van der Waals surface area (Å²) in [5, 5.41) is 5.19. The standard InChI is InChI=1S/C19H11ClN2O2S3/c20-11-3-5-12(6-4-11)22-18(24)14(17(23)21-19(22)25)10-13-7-8-16(27-13)15-2-1-9-26-15/h1-10H,(H,21,23,25)/b14-10+. The number of amides is 2. The zero-order valence-electron chi connectivity index (χ0n) is 13.6. The SMILES string of the molecule is O=C1NC(=S)N(c2ccc(Cl)cc2)C(=O)/C1=C/c1ccc(-c2cccs2)s1. The molecule has 4 nitrogen and oxygen atoms in total. The summed E-state index contributed by atoms with van der Waals surface area (Å²) in [6, 6.07) is 14.6. The maximum atomic E-state index is 13.0. The Labute approximate surface area is 173 Å². The molecule has 1 N–H and O–H groups in total. The minimum Gasteiger partial charge on any atom is -0.298 e. The van der Waals surface area contributed by atoms with Gasteiger partial charge in [0.25, 0.3) is 11.8 Å². The van der Waals surface area contributed by atoms with Gasteiger partial charge in [0.1, 0.15) is 5.57 Å². The van der Waals surface area contributed by atoms with Crippen LogP contribution in [0.2, 0.25) is 5.02 Å². The van der Waals surface area contributed by atoms with Gasteiger partial charge < -0.3 is 0 Å². The minimum atomic E-state index is -0.499. The fourth-order valence-electron chi connectivity index (χ4n) is 2.61. The highest BCUT2D eigenvalue weighted by Crippen LogP contribution is 2.33. The molecule has 0 aliphatic carbocycles. The summed E-state index contributed by atoms with van der Waals surface area (Å²) in [5.41, 5.74) is 0.587. The molecular formula is C19H11ClN2O2S3. The summed E-state index contributed by atoms with van der Waals surface area (Å²) in [7, 11) is 0. The monoisotopic (exact) mass is 430 g/mol. The maximum absolute atomic E-state index is 13.0. The molecule has 2 amide bonds. The summed E-state index contributed by atoms with van der Waals surface area (Å²) >= 11 is 14.3. The molecule has 134 valence electrons. The van der Waals surface area contributed by atoms with E-state index in [1.165, 1.54) is 16.2 Å². The number of nitrogens with zero attached hydrogens (tertiary/aromatic N) is 1. The zero-order valence-corrected chi connectivity index (χ0v) is 16.8. The highest BCUT2D eigenvalue weighted by Gasteiger charge is 2.34. The lowest BCUT2D eigenvalue weighted by Crippen LogP contribution is -2.54. The Morgan fingerprint density at radius 1 is 1.04 bits per heavy atom. The lowest BCUT2D eigenvalue weighted by atomic mass is 10.1. The molecule has 0 saturated carbocycles. The molecule has 1 fully saturated rings. The number of rotatable bonds is 3. The molecule has 3 heterocycles. The van der Waals surface area contributed by atoms with Crippen LogP contribution in [-0.4, -0.2) is 16.9 Å². The molecule has 8 heteroatoms. The highest BCUT2D eigenvalue weighted by molar-refractivity contribution is 7.80. The Balaban J connectivity index is 1.68. The van der Waals surface area contributed by atoms with E-state index in [4.69, 9.17) is 23.8 Å². The van der Waals surface area contributed by atoms with Gasteiger partial charge in [0.15, 0.2) is 5.11 Å². The van der Waals surface area contributed by atoms with E-state index < -0.39 is 11.8 Å². The molecule has 3 aromatic rings. The number of hydrogen-bond acceptors (Lipinski definition) is 5. The minimum absolute atomic E-state index is 0.0399. The van der Waals surface area contributed by atoms with E-state index >= 15 is 0 Å². The Kier molecular flexibility index (Phi) is 4.92. The summed E-state index contributed by atoms with van der Waals surface area (Å²) in [5.74, 6) is -0.960. The van der Waals surface area contributed by atoms with Crippen LogP contribution >= 0.6 is 46.5 Å². The first-order valence-electron chi connectivity index (χ1n) is 7.83. The first-order chi connectivity index (χ1) is 13.0. The van der Waals surface area contributed by atoms with Crippen molar-refractivity contribution >= 4 is 75.2 Å². The number of halogens is 1. The van der Waals surface area contributed by atoms with Gasteiger partial charge in [-0.15, -0.1) is 22.7 Å². The summed E-state index contributed by atoms with van der Waals surface area (Å²) in [4.78, 5) is 29.7. The molecule has 4 rings (SSSR count). The van der Waals surface area contributed by atoms with Crippen molar-refractivity contribution in [1.29, 1.82) is 0 Å². The molecule has 0 unspecified atom stereocenters. The van der Waals surface area contributed by atoms with Crippen LogP contribution in [0.5, 0.6) is 0 Å². The molecular weight excluding hydrogens is 420 g/mol. The first-order valence-corrected chi connectivity index (χ1v) is 10.3. The third-order valence-electron chi connectivity index (χ3n) is 3.86. The van der Waals surface area contributed by atoms with Crippen LogP contribution in [0.15, 0.2) is 59.5 Å². The van der Waals surface area contributed by atoms with Gasteiger partial charge in [-0.2, -0.15) is 0 Å². The predicted octanol–water partition coefficient (Wildman–Crippen LogP) is 4.96. The number of carbonyl (C=O) groups is 2. The molecule has 0 bridgehead atoms. The normalized spacial score (nSPS) is 16.1. The molecule has 0 spiro atoms. The van der Waals surface area contributed by atoms with E-state index in [-0.39, 0.29) is 10.7 Å². The van der Waals surface area contributed by atoms with E-state index in [0.29, 0.717) is 10.7 Å². The van der Waals surface area contributed by atoms with E-state index in [1.807, 2.05) is 29.6 Å². The second-order valence-corrected chi connectivity index (χ2v) is 8.50. The largest absolute Gasteiger partial charge is 0.298 e. The van der Waals surface area contributed by atoms with Gasteiger partial charge in [-0.1, -0.05) is 17.7 Å². The fraction of sp³-hybridized carbons (Fsp3) is 0. The molecule has 1 aliphatic rings. The smallest absolute Gasteiger partial charge is 0.270 e. The van der Waals surface area contributed by atoms with Crippen LogP contribution in [0.3, 0.4) is 0 Å². The third kappa shape index (κ3) is 3.59. The van der Waals surface area contributed by atoms with Crippen molar-refractivity contribution in [3.63, 3.8) is 0 Å². The Morgan fingerprint density at radius 2 is 1.81 bits per heavy atom. The Hall–Kier alpha value is -2.32. The third-order valence-corrected chi connectivity index (χ3v) is 6.50. The number of thiocarbonyl (C=S) groups is 1. The second kappa shape index (κ2) is 7.36. The number of hydrogen-bond donors (Lipinski definition) is 1. The first kappa shape index (κ1) is 18.1. The topological polar surface area (TPSA) is 49.4 Å². The number of nitrogens with one attached hydrogen (secondary N) is 1. The molecule has 2 aromatic heterocycles. The molecule has 1 saturated heterocycles. The van der Waals surface area contributed by atoms with E-state index in [0.717, 1.165) is 14.6 Å². The van der Waals surface area contributed by atoms with Gasteiger partial charge in [0.2, 0.25) is 0 Å². The zero-order chi connectivity index (χ0) is 19.0. The summed E-state index contributed by atoms with van der Waals surface area (Å²) in [6.07, 6.45) is 1.60. The van der Waals surface area contributed by atoms with Crippen LogP contribution in [-0.2, 0) is 9.59 Å². The average Bonchev–Trinajstić information content (AvgIpc) is 3.31. The molecule has 0 atom stereocenters. The van der Waals surface area contributed by atoms with Gasteiger partial charge in [-0.25, -0.2) is 0 Å². The molecule has 1 aliphatic heterocycles. The number of anilines is 1. The van der Waals surface area contributed by atoms with Crippen molar-refractivity contribution in [2.75, 3.05) is 4.90 Å². The molecule has 0 radical (unpaired) electrons. The van der Waals surface area contributed by atoms with Crippen LogP contribution in [0, 0.1) is 0 Å². The Morgan fingerprint density at radius 3 is 2.52 bits per heavy atom. The molecule has 27 heavy (non-hydrogen) atoms. The van der Waals surface area contributed by atoms with E-state index in [2.05, 4.69) is 5.32 Å².